The fourth-order valence-corrected chi connectivity index (χ4v) is 2.95. The molecule has 0 aliphatic heterocycles. The van der Waals surface area contributed by atoms with Gasteiger partial charge in [0.05, 0.1) is 16.8 Å². The Bertz CT molecular complexity index is 1210. The van der Waals surface area contributed by atoms with E-state index in [1.807, 2.05) is 37.3 Å². The molecule has 0 amide bonds. The fraction of sp³-hybridized carbons (Fsp3) is 0.0952. The van der Waals surface area contributed by atoms with Gasteiger partial charge in [-0.1, -0.05) is 18.2 Å². The van der Waals surface area contributed by atoms with Gasteiger partial charge in [0.15, 0.2) is 11.6 Å². The van der Waals surface area contributed by atoms with Gasteiger partial charge in [-0.05, 0) is 43.3 Å². The summed E-state index contributed by atoms with van der Waals surface area (Å²) in [5, 5.41) is 7.05. The van der Waals surface area contributed by atoms with Gasteiger partial charge >= 0.3 is 6.18 Å². The number of fused-ring (bicyclic) bond motifs is 1. The van der Waals surface area contributed by atoms with Crippen molar-refractivity contribution in [1.82, 2.24) is 15.0 Å². The maximum Gasteiger partial charge on any atom is 0.416 e. The predicted octanol–water partition coefficient (Wildman–Crippen LogP) is 5.42. The van der Waals surface area contributed by atoms with Crippen molar-refractivity contribution in [3.8, 4) is 0 Å². The van der Waals surface area contributed by atoms with Crippen molar-refractivity contribution in [2.24, 2.45) is 0 Å². The lowest BCUT2D eigenvalue weighted by molar-refractivity contribution is -0.137. The maximum atomic E-state index is 12.7. The van der Waals surface area contributed by atoms with Crippen molar-refractivity contribution in [2.45, 2.75) is 13.1 Å². The van der Waals surface area contributed by atoms with Gasteiger partial charge in [0.25, 0.3) is 0 Å². The van der Waals surface area contributed by atoms with Crippen LogP contribution in [-0.2, 0) is 6.18 Å². The minimum absolute atomic E-state index is 0.224. The second-order valence-electron chi connectivity index (χ2n) is 6.64. The van der Waals surface area contributed by atoms with Crippen LogP contribution in [0, 0.1) is 6.92 Å². The van der Waals surface area contributed by atoms with Crippen LogP contribution in [0.5, 0.6) is 0 Å². The van der Waals surface area contributed by atoms with E-state index in [2.05, 4.69) is 25.6 Å². The number of hydrogen-bond acceptors (Lipinski definition) is 6. The normalized spacial score (nSPS) is 11.5. The number of benzene rings is 2. The molecule has 4 N–H and O–H groups in total. The molecule has 2 aromatic carbocycles. The maximum absolute atomic E-state index is 12.7. The summed E-state index contributed by atoms with van der Waals surface area (Å²) in [6.07, 6.45) is -3.08. The zero-order chi connectivity index (χ0) is 21.3. The summed E-state index contributed by atoms with van der Waals surface area (Å²) in [6, 6.07) is 14.2. The molecule has 0 spiro atoms. The van der Waals surface area contributed by atoms with Crippen LogP contribution in [0.4, 0.5) is 41.9 Å². The number of nitrogens with one attached hydrogen (secondary N) is 2. The Morgan fingerprint density at radius 1 is 0.867 bits per heavy atom. The Kier molecular flexibility index (Phi) is 4.86. The number of hydrogen-bond donors (Lipinski definition) is 3. The monoisotopic (exact) mass is 410 g/mol. The second-order valence-corrected chi connectivity index (χ2v) is 6.64. The summed E-state index contributed by atoms with van der Waals surface area (Å²) >= 11 is 0. The van der Waals surface area contributed by atoms with Crippen LogP contribution in [0.2, 0.25) is 0 Å². The Hall–Kier alpha value is -3.88. The van der Waals surface area contributed by atoms with Crippen LogP contribution in [0.3, 0.4) is 0 Å². The summed E-state index contributed by atoms with van der Waals surface area (Å²) in [5.41, 5.74) is 8.48. The molecule has 6 nitrogen and oxygen atoms in total. The van der Waals surface area contributed by atoms with Gasteiger partial charge < -0.3 is 16.4 Å². The van der Waals surface area contributed by atoms with Gasteiger partial charge in [-0.2, -0.15) is 13.2 Å². The van der Waals surface area contributed by atoms with Gasteiger partial charge in [0.1, 0.15) is 12.0 Å². The highest BCUT2D eigenvalue weighted by molar-refractivity contribution is 5.93. The molecule has 9 heteroatoms. The minimum Gasteiger partial charge on any atom is -0.393 e. The molecule has 2 aromatic heterocycles. The quantitative estimate of drug-likeness (QED) is 0.416. The Labute approximate surface area is 170 Å². The second kappa shape index (κ2) is 7.51. The van der Waals surface area contributed by atoms with Gasteiger partial charge in [0, 0.05) is 16.8 Å². The van der Waals surface area contributed by atoms with Gasteiger partial charge in [0.2, 0.25) is 0 Å². The summed E-state index contributed by atoms with van der Waals surface area (Å²) in [7, 11) is 0. The molecule has 0 unspecified atom stereocenters. The first-order valence-electron chi connectivity index (χ1n) is 8.99. The van der Waals surface area contributed by atoms with Crippen LogP contribution in [0.25, 0.3) is 10.9 Å². The molecular weight excluding hydrogens is 393 g/mol. The summed E-state index contributed by atoms with van der Waals surface area (Å²) < 4.78 is 38.2. The lowest BCUT2D eigenvalue weighted by atomic mass is 10.1. The third-order valence-corrected chi connectivity index (χ3v) is 4.47. The van der Waals surface area contributed by atoms with Crippen LogP contribution >= 0.6 is 0 Å². The predicted molar refractivity (Wildman–Crippen MR) is 111 cm³/mol. The van der Waals surface area contributed by atoms with Crippen molar-refractivity contribution >= 4 is 39.6 Å². The number of nitrogens with zero attached hydrogens (tertiary/aromatic N) is 3. The molecule has 0 saturated carbocycles. The largest absolute Gasteiger partial charge is 0.416 e. The van der Waals surface area contributed by atoms with Crippen LogP contribution in [0.1, 0.15) is 11.3 Å². The molecular formula is C21H17F3N6. The topological polar surface area (TPSA) is 88.8 Å². The molecule has 0 saturated heterocycles. The molecule has 0 radical (unpaired) electrons. The van der Waals surface area contributed by atoms with E-state index in [-0.39, 0.29) is 11.5 Å². The van der Waals surface area contributed by atoms with E-state index < -0.39 is 11.7 Å². The number of para-hydroxylation sites is 1. The third-order valence-electron chi connectivity index (χ3n) is 4.47. The zero-order valence-electron chi connectivity index (χ0n) is 15.8. The van der Waals surface area contributed by atoms with E-state index in [0.29, 0.717) is 11.5 Å². The lowest BCUT2D eigenvalue weighted by Gasteiger charge is -2.14. The highest BCUT2D eigenvalue weighted by Gasteiger charge is 2.30. The summed E-state index contributed by atoms with van der Waals surface area (Å²) in [5.74, 6) is 0.631. The van der Waals surface area contributed by atoms with E-state index in [4.69, 9.17) is 5.73 Å². The summed E-state index contributed by atoms with van der Waals surface area (Å²) in [6.45, 7) is 1.90. The third kappa shape index (κ3) is 3.95. The molecule has 0 aliphatic carbocycles. The highest BCUT2D eigenvalue weighted by Crippen LogP contribution is 2.33. The van der Waals surface area contributed by atoms with Crippen LogP contribution < -0.4 is 16.4 Å². The molecule has 2 heterocycles. The van der Waals surface area contributed by atoms with Crippen LogP contribution in [0.15, 0.2) is 60.9 Å². The number of pyridine rings is 1. The average Bonchev–Trinajstić information content (AvgIpc) is 2.71. The first kappa shape index (κ1) is 19.4. The van der Waals surface area contributed by atoms with Gasteiger partial charge in [-0.15, -0.1) is 0 Å². The molecule has 0 fully saturated rings. The van der Waals surface area contributed by atoms with Crippen molar-refractivity contribution in [2.75, 3.05) is 16.4 Å². The molecule has 0 atom stereocenters. The van der Waals surface area contributed by atoms with E-state index in [1.165, 1.54) is 18.5 Å². The first-order valence-corrected chi connectivity index (χ1v) is 8.99. The fourth-order valence-electron chi connectivity index (χ4n) is 2.95. The number of aryl methyl sites for hydroxylation is 1. The number of anilines is 5. The number of halogens is 3. The Balaban J connectivity index is 1.62. The molecule has 0 aliphatic rings. The average molecular weight is 410 g/mol. The minimum atomic E-state index is -4.39. The molecule has 30 heavy (non-hydrogen) atoms. The lowest BCUT2D eigenvalue weighted by Crippen LogP contribution is -2.07. The molecule has 152 valence electrons. The Morgan fingerprint density at radius 2 is 1.57 bits per heavy atom. The highest BCUT2D eigenvalue weighted by atomic mass is 19.4. The SMILES string of the molecule is Cc1ccc2cccc(Nc3ncnc(Nc4ccc(C(F)(F)F)cc4)c3N)c2n1. The van der Waals surface area contributed by atoms with Crippen molar-refractivity contribution in [3.63, 3.8) is 0 Å². The standard InChI is InChI=1S/C21H17F3N6/c1-12-5-6-13-3-2-4-16(18(13)28-12)30-20-17(25)19(26-11-27-20)29-15-9-7-14(8-10-15)21(22,23)24/h2-11H,25H2,1H3,(H2,26,27,29,30). The number of rotatable bonds is 4. The molecule has 0 bridgehead atoms. The number of nitrogens with two attached hydrogens (primary N) is 1. The Morgan fingerprint density at radius 3 is 2.27 bits per heavy atom. The summed E-state index contributed by atoms with van der Waals surface area (Å²) in [4.78, 5) is 12.9. The van der Waals surface area contributed by atoms with Crippen molar-refractivity contribution in [1.29, 1.82) is 0 Å². The number of aromatic nitrogens is 3. The van der Waals surface area contributed by atoms with Crippen molar-refractivity contribution in [3.05, 3.63) is 72.2 Å². The van der Waals surface area contributed by atoms with E-state index in [0.717, 1.165) is 34.4 Å². The van der Waals surface area contributed by atoms with Crippen LogP contribution in [-0.4, -0.2) is 15.0 Å². The zero-order valence-corrected chi connectivity index (χ0v) is 15.8. The van der Waals surface area contributed by atoms with E-state index in [9.17, 15) is 13.2 Å². The van der Waals surface area contributed by atoms with Crippen molar-refractivity contribution < 1.29 is 13.2 Å². The van der Waals surface area contributed by atoms with Gasteiger partial charge in [-0.25, -0.2) is 9.97 Å². The smallest absolute Gasteiger partial charge is 0.393 e. The first-order chi connectivity index (χ1) is 14.3. The molecule has 4 rings (SSSR count). The molecule has 4 aromatic rings. The van der Waals surface area contributed by atoms with E-state index in [1.54, 1.807) is 0 Å². The van der Waals surface area contributed by atoms with Gasteiger partial charge in [-0.3, -0.25) is 4.98 Å². The number of alkyl halides is 3. The number of nitrogen functional groups attached to an aromatic ring is 1. The van der Waals surface area contributed by atoms with E-state index >= 15 is 0 Å².